The maximum atomic E-state index is 6.35. The zero-order valence-electron chi connectivity index (χ0n) is 9.74. The number of halogens is 1. The second kappa shape index (κ2) is 4.92. The summed E-state index contributed by atoms with van der Waals surface area (Å²) >= 11 is 6.35. The van der Waals surface area contributed by atoms with Gasteiger partial charge in [-0.1, -0.05) is 13.2 Å². The summed E-state index contributed by atoms with van der Waals surface area (Å²) in [5.41, 5.74) is 0. The molecule has 18 heavy (non-hydrogen) atoms. The lowest BCUT2D eigenvalue weighted by atomic mass is 10.1. The first-order chi connectivity index (χ1) is 8.72. The van der Waals surface area contributed by atoms with Crippen LogP contribution in [0.2, 0.25) is 0 Å². The molecular formula is C12H15ClO5. The average molecular weight is 275 g/mol. The molecule has 0 saturated carbocycles. The normalized spacial score (nSPS) is 51.3. The van der Waals surface area contributed by atoms with Crippen molar-refractivity contribution in [2.24, 2.45) is 0 Å². The van der Waals surface area contributed by atoms with Gasteiger partial charge >= 0.3 is 0 Å². The van der Waals surface area contributed by atoms with Crippen LogP contribution in [0.4, 0.5) is 0 Å². The predicted molar refractivity (Wildman–Crippen MR) is 63.1 cm³/mol. The molecular weight excluding hydrogens is 260 g/mol. The van der Waals surface area contributed by atoms with E-state index in [1.54, 1.807) is 12.2 Å². The number of fused-ring (bicyclic) bond motifs is 1. The van der Waals surface area contributed by atoms with Gasteiger partial charge in [0, 0.05) is 0 Å². The number of ether oxygens (including phenoxy) is 5. The smallest absolute Gasteiger partial charge is 0.189 e. The molecule has 3 heterocycles. The van der Waals surface area contributed by atoms with Crippen molar-refractivity contribution in [1.29, 1.82) is 0 Å². The Labute approximate surface area is 110 Å². The minimum absolute atomic E-state index is 0.226. The van der Waals surface area contributed by atoms with Crippen molar-refractivity contribution in [3.8, 4) is 0 Å². The van der Waals surface area contributed by atoms with Gasteiger partial charge in [0.2, 0.25) is 0 Å². The summed E-state index contributed by atoms with van der Waals surface area (Å²) in [7, 11) is 0. The van der Waals surface area contributed by atoms with Crippen LogP contribution in [0, 0.1) is 0 Å². The third-order valence-corrected chi connectivity index (χ3v) is 3.73. The molecule has 3 rings (SSSR count). The van der Waals surface area contributed by atoms with E-state index < -0.39 is 18.9 Å². The zero-order valence-corrected chi connectivity index (χ0v) is 10.5. The Bertz CT molecular complexity index is 349. The number of alkyl halides is 1. The van der Waals surface area contributed by atoms with Gasteiger partial charge < -0.3 is 23.7 Å². The molecule has 0 bridgehead atoms. The van der Waals surface area contributed by atoms with Crippen molar-refractivity contribution in [2.45, 2.75) is 42.6 Å². The molecule has 3 fully saturated rings. The Hall–Kier alpha value is -0.430. The average Bonchev–Trinajstić information content (AvgIpc) is 3.05. The maximum absolute atomic E-state index is 6.35. The molecule has 0 N–H and O–H groups in total. The number of rotatable bonds is 3. The number of hydrogen-bond donors (Lipinski definition) is 0. The zero-order chi connectivity index (χ0) is 12.7. The second-order valence-corrected chi connectivity index (χ2v) is 4.87. The summed E-state index contributed by atoms with van der Waals surface area (Å²) in [6, 6.07) is 0. The van der Waals surface area contributed by atoms with Gasteiger partial charge in [-0.15, -0.1) is 11.6 Å². The van der Waals surface area contributed by atoms with Gasteiger partial charge in [0.15, 0.2) is 18.9 Å². The third-order valence-electron chi connectivity index (χ3n) is 3.23. The van der Waals surface area contributed by atoms with Crippen LogP contribution in [0.1, 0.15) is 0 Å². The van der Waals surface area contributed by atoms with Crippen molar-refractivity contribution in [3.05, 3.63) is 25.3 Å². The van der Waals surface area contributed by atoms with E-state index in [0.29, 0.717) is 6.61 Å². The molecule has 0 aromatic carbocycles. The maximum Gasteiger partial charge on any atom is 0.189 e. The van der Waals surface area contributed by atoms with Crippen molar-refractivity contribution >= 4 is 11.6 Å². The van der Waals surface area contributed by atoms with E-state index in [1.165, 1.54) is 0 Å². The van der Waals surface area contributed by atoms with Gasteiger partial charge in [0.25, 0.3) is 0 Å². The van der Waals surface area contributed by atoms with Crippen LogP contribution in [0.25, 0.3) is 0 Å². The monoisotopic (exact) mass is 274 g/mol. The topological polar surface area (TPSA) is 46.2 Å². The van der Waals surface area contributed by atoms with Gasteiger partial charge in [-0.3, -0.25) is 0 Å². The number of hydrogen-bond acceptors (Lipinski definition) is 5. The van der Waals surface area contributed by atoms with Crippen LogP contribution in [0.15, 0.2) is 25.3 Å². The van der Waals surface area contributed by atoms with Crippen LogP contribution >= 0.6 is 11.6 Å². The van der Waals surface area contributed by atoms with E-state index in [1.807, 2.05) is 0 Å². The second-order valence-electron chi connectivity index (χ2n) is 4.37. The van der Waals surface area contributed by atoms with Gasteiger partial charge in [0.1, 0.15) is 18.3 Å². The van der Waals surface area contributed by atoms with E-state index in [9.17, 15) is 0 Å². The molecule has 0 aliphatic carbocycles. The van der Waals surface area contributed by atoms with Crippen molar-refractivity contribution < 1.29 is 23.7 Å². The minimum Gasteiger partial charge on any atom is -0.346 e. The molecule has 100 valence electrons. The van der Waals surface area contributed by atoms with E-state index >= 15 is 0 Å². The highest BCUT2D eigenvalue weighted by molar-refractivity contribution is 6.21. The molecule has 0 aromatic heterocycles. The summed E-state index contributed by atoms with van der Waals surface area (Å²) in [6.45, 7) is 7.65. The molecule has 3 saturated heterocycles. The fourth-order valence-electron chi connectivity index (χ4n) is 2.35. The lowest BCUT2D eigenvalue weighted by molar-refractivity contribution is -0.161. The summed E-state index contributed by atoms with van der Waals surface area (Å²) in [4.78, 5) is 0. The first-order valence-corrected chi connectivity index (χ1v) is 6.29. The van der Waals surface area contributed by atoms with Crippen LogP contribution in [-0.2, 0) is 23.7 Å². The fraction of sp³-hybridized carbons (Fsp3) is 0.667. The Kier molecular flexibility index (Phi) is 3.44. The Balaban J connectivity index is 1.64. The minimum atomic E-state index is -0.466. The highest BCUT2D eigenvalue weighted by Crippen LogP contribution is 2.38. The Morgan fingerprint density at radius 1 is 0.944 bits per heavy atom. The molecule has 3 aliphatic heterocycles. The molecule has 5 nitrogen and oxygen atoms in total. The highest BCUT2D eigenvalue weighted by atomic mass is 35.5. The molecule has 0 spiro atoms. The molecule has 6 heteroatoms. The summed E-state index contributed by atoms with van der Waals surface area (Å²) < 4.78 is 27.8. The molecule has 0 aromatic rings. The first kappa shape index (κ1) is 12.6. The Morgan fingerprint density at radius 3 is 2.33 bits per heavy atom. The summed E-state index contributed by atoms with van der Waals surface area (Å²) in [5, 5.41) is -0.336. The van der Waals surface area contributed by atoms with Crippen LogP contribution in [0.3, 0.4) is 0 Å². The molecule has 7 unspecified atom stereocenters. The highest BCUT2D eigenvalue weighted by Gasteiger charge is 2.54. The van der Waals surface area contributed by atoms with E-state index in [-0.39, 0.29) is 23.7 Å². The standard InChI is InChI=1S/C12H15ClO5/c1-3-7-14-5-6(15-7)10-9(13)11-12(18-10)17-8(4-2)16-11/h3-4,6-12H,1-2,5H2. The molecule has 0 radical (unpaired) electrons. The summed E-state index contributed by atoms with van der Waals surface area (Å²) in [6.07, 6.45) is 1.02. The lowest BCUT2D eigenvalue weighted by Crippen LogP contribution is -2.37. The van der Waals surface area contributed by atoms with Crippen LogP contribution < -0.4 is 0 Å². The van der Waals surface area contributed by atoms with Crippen LogP contribution in [0.5, 0.6) is 0 Å². The first-order valence-electron chi connectivity index (χ1n) is 5.85. The van der Waals surface area contributed by atoms with Crippen molar-refractivity contribution in [2.75, 3.05) is 6.61 Å². The van der Waals surface area contributed by atoms with Crippen molar-refractivity contribution in [1.82, 2.24) is 0 Å². The largest absolute Gasteiger partial charge is 0.346 e. The van der Waals surface area contributed by atoms with Gasteiger partial charge in [0.05, 0.1) is 12.0 Å². The quantitative estimate of drug-likeness (QED) is 0.571. The van der Waals surface area contributed by atoms with Crippen LogP contribution in [-0.4, -0.2) is 49.2 Å². The van der Waals surface area contributed by atoms with Gasteiger partial charge in [-0.05, 0) is 12.2 Å². The van der Waals surface area contributed by atoms with E-state index in [2.05, 4.69) is 13.2 Å². The third kappa shape index (κ3) is 2.01. The van der Waals surface area contributed by atoms with Crippen molar-refractivity contribution in [3.63, 3.8) is 0 Å². The predicted octanol–water partition coefficient (Wildman–Crippen LogP) is 1.17. The van der Waals surface area contributed by atoms with E-state index in [0.717, 1.165) is 0 Å². The lowest BCUT2D eigenvalue weighted by Gasteiger charge is -2.21. The molecule has 7 atom stereocenters. The Morgan fingerprint density at radius 2 is 1.72 bits per heavy atom. The molecule has 0 amide bonds. The SMILES string of the molecule is C=CC1OCC(C2OC3OC(C=C)OC3C2Cl)O1. The molecule has 3 aliphatic rings. The fourth-order valence-corrected chi connectivity index (χ4v) is 2.75. The summed E-state index contributed by atoms with van der Waals surface area (Å²) in [5.74, 6) is 0. The van der Waals surface area contributed by atoms with Gasteiger partial charge in [-0.25, -0.2) is 0 Å². The van der Waals surface area contributed by atoms with E-state index in [4.69, 9.17) is 35.3 Å². The van der Waals surface area contributed by atoms with Gasteiger partial charge in [-0.2, -0.15) is 0 Å².